The van der Waals surface area contributed by atoms with Gasteiger partial charge in [0.2, 0.25) is 5.91 Å². The summed E-state index contributed by atoms with van der Waals surface area (Å²) >= 11 is 0. The van der Waals surface area contributed by atoms with Gasteiger partial charge in [0.15, 0.2) is 0 Å². The van der Waals surface area contributed by atoms with Crippen LogP contribution in [0.4, 0.5) is 5.69 Å². The number of anilines is 1. The van der Waals surface area contributed by atoms with Crippen LogP contribution in [0.25, 0.3) is 0 Å². The predicted octanol–water partition coefficient (Wildman–Crippen LogP) is 2.89. The highest BCUT2D eigenvalue weighted by Crippen LogP contribution is 2.24. The van der Waals surface area contributed by atoms with Crippen molar-refractivity contribution < 1.29 is 4.79 Å². The van der Waals surface area contributed by atoms with Crippen molar-refractivity contribution in [1.29, 1.82) is 0 Å². The van der Waals surface area contributed by atoms with Crippen molar-refractivity contribution >= 4 is 11.6 Å². The smallest absolute Gasteiger partial charge is 0.225 e. The Labute approximate surface area is 109 Å². The second-order valence-electron chi connectivity index (χ2n) is 5.29. The van der Waals surface area contributed by atoms with E-state index >= 15 is 0 Å². The molecular weight excluding hydrogens is 224 g/mol. The molecule has 18 heavy (non-hydrogen) atoms. The van der Waals surface area contributed by atoms with Gasteiger partial charge >= 0.3 is 0 Å². The van der Waals surface area contributed by atoms with Crippen molar-refractivity contribution in [3.63, 3.8) is 0 Å². The van der Waals surface area contributed by atoms with Gasteiger partial charge in [0.05, 0.1) is 0 Å². The van der Waals surface area contributed by atoms with Crippen LogP contribution in [-0.2, 0) is 4.79 Å². The molecule has 1 unspecified atom stereocenters. The Morgan fingerprint density at radius 3 is 2.89 bits per heavy atom. The molecule has 1 fully saturated rings. The van der Waals surface area contributed by atoms with Gasteiger partial charge in [0.25, 0.3) is 0 Å². The van der Waals surface area contributed by atoms with E-state index in [1.165, 1.54) is 12.0 Å². The summed E-state index contributed by atoms with van der Waals surface area (Å²) in [4.78, 5) is 12.0. The van der Waals surface area contributed by atoms with Crippen LogP contribution in [0.3, 0.4) is 0 Å². The molecule has 1 saturated heterocycles. The summed E-state index contributed by atoms with van der Waals surface area (Å²) < 4.78 is 0. The minimum Gasteiger partial charge on any atom is -0.326 e. The van der Waals surface area contributed by atoms with Gasteiger partial charge in [-0.2, -0.15) is 0 Å². The van der Waals surface area contributed by atoms with Crippen LogP contribution in [0.2, 0.25) is 0 Å². The number of carbonyl (C=O) groups is 1. The maximum absolute atomic E-state index is 12.0. The lowest BCUT2D eigenvalue weighted by Gasteiger charge is -2.15. The molecule has 0 aromatic heterocycles. The third-order valence-corrected chi connectivity index (χ3v) is 3.45. The third-order valence-electron chi connectivity index (χ3n) is 3.45. The van der Waals surface area contributed by atoms with Crippen molar-refractivity contribution in [2.75, 3.05) is 11.9 Å². The molecule has 1 aromatic carbocycles. The SMILES string of the molecule is CC(C)c1ccccc1NC(=O)CC1CCCN1. The minimum atomic E-state index is 0.113. The van der Waals surface area contributed by atoms with Crippen LogP contribution >= 0.6 is 0 Å². The molecule has 98 valence electrons. The van der Waals surface area contributed by atoms with E-state index < -0.39 is 0 Å². The molecular formula is C15H22N2O. The number of para-hydroxylation sites is 1. The summed E-state index contributed by atoms with van der Waals surface area (Å²) in [5.41, 5.74) is 2.15. The molecule has 0 bridgehead atoms. The Bertz CT molecular complexity index is 409. The number of amides is 1. The maximum Gasteiger partial charge on any atom is 0.225 e. The van der Waals surface area contributed by atoms with Crippen molar-refractivity contribution in [1.82, 2.24) is 5.32 Å². The predicted molar refractivity (Wildman–Crippen MR) is 74.8 cm³/mol. The summed E-state index contributed by atoms with van der Waals surface area (Å²) in [6, 6.07) is 8.40. The molecule has 1 aromatic rings. The first kappa shape index (κ1) is 13.1. The number of rotatable bonds is 4. The van der Waals surface area contributed by atoms with Crippen LogP contribution in [0.1, 0.15) is 44.6 Å². The zero-order chi connectivity index (χ0) is 13.0. The van der Waals surface area contributed by atoms with Gasteiger partial charge in [0, 0.05) is 18.2 Å². The van der Waals surface area contributed by atoms with E-state index in [2.05, 4.69) is 30.5 Å². The minimum absolute atomic E-state index is 0.113. The van der Waals surface area contributed by atoms with E-state index in [1.807, 2.05) is 18.2 Å². The van der Waals surface area contributed by atoms with E-state index in [0.29, 0.717) is 18.4 Å². The normalized spacial score (nSPS) is 19.2. The highest BCUT2D eigenvalue weighted by molar-refractivity contribution is 5.92. The van der Waals surface area contributed by atoms with E-state index in [4.69, 9.17) is 0 Å². The molecule has 1 heterocycles. The molecule has 1 aliphatic heterocycles. The molecule has 0 aliphatic carbocycles. The number of hydrogen-bond acceptors (Lipinski definition) is 2. The molecule has 1 atom stereocenters. The van der Waals surface area contributed by atoms with Gasteiger partial charge in [-0.25, -0.2) is 0 Å². The molecule has 2 N–H and O–H groups in total. The van der Waals surface area contributed by atoms with Crippen molar-refractivity contribution in [2.24, 2.45) is 0 Å². The Kier molecular flexibility index (Phi) is 4.37. The topological polar surface area (TPSA) is 41.1 Å². The summed E-state index contributed by atoms with van der Waals surface area (Å²) in [7, 11) is 0. The summed E-state index contributed by atoms with van der Waals surface area (Å²) in [5, 5.41) is 6.39. The monoisotopic (exact) mass is 246 g/mol. The number of benzene rings is 1. The quantitative estimate of drug-likeness (QED) is 0.857. The van der Waals surface area contributed by atoms with E-state index in [-0.39, 0.29) is 5.91 Å². The van der Waals surface area contributed by atoms with Gasteiger partial charge in [-0.1, -0.05) is 32.0 Å². The Morgan fingerprint density at radius 1 is 1.44 bits per heavy atom. The van der Waals surface area contributed by atoms with E-state index in [0.717, 1.165) is 18.7 Å². The zero-order valence-corrected chi connectivity index (χ0v) is 11.2. The van der Waals surface area contributed by atoms with Crippen LogP contribution < -0.4 is 10.6 Å². The van der Waals surface area contributed by atoms with Crippen molar-refractivity contribution in [3.05, 3.63) is 29.8 Å². The standard InChI is InChI=1S/C15H22N2O/c1-11(2)13-7-3-4-8-14(13)17-15(18)10-12-6-5-9-16-12/h3-4,7-8,11-12,16H,5-6,9-10H2,1-2H3,(H,17,18). The zero-order valence-electron chi connectivity index (χ0n) is 11.2. The molecule has 1 aliphatic rings. The average Bonchev–Trinajstić information content (AvgIpc) is 2.82. The highest BCUT2D eigenvalue weighted by atomic mass is 16.1. The Morgan fingerprint density at radius 2 is 2.22 bits per heavy atom. The van der Waals surface area contributed by atoms with Gasteiger partial charge < -0.3 is 10.6 Å². The van der Waals surface area contributed by atoms with E-state index in [1.54, 1.807) is 0 Å². The van der Waals surface area contributed by atoms with Crippen LogP contribution in [0.15, 0.2) is 24.3 Å². The first-order valence-corrected chi connectivity index (χ1v) is 6.79. The Hall–Kier alpha value is -1.35. The van der Waals surface area contributed by atoms with Crippen molar-refractivity contribution in [2.45, 2.75) is 45.1 Å². The van der Waals surface area contributed by atoms with E-state index in [9.17, 15) is 4.79 Å². The fraction of sp³-hybridized carbons (Fsp3) is 0.533. The fourth-order valence-corrected chi connectivity index (χ4v) is 2.47. The summed E-state index contributed by atoms with van der Waals surface area (Å²) in [5.74, 6) is 0.536. The first-order valence-electron chi connectivity index (χ1n) is 6.79. The molecule has 3 heteroatoms. The Balaban J connectivity index is 1.97. The summed E-state index contributed by atoms with van der Waals surface area (Å²) in [6.07, 6.45) is 2.87. The maximum atomic E-state index is 12.0. The highest BCUT2D eigenvalue weighted by Gasteiger charge is 2.18. The van der Waals surface area contributed by atoms with Gasteiger partial charge in [-0.3, -0.25) is 4.79 Å². The van der Waals surface area contributed by atoms with Gasteiger partial charge in [-0.15, -0.1) is 0 Å². The van der Waals surface area contributed by atoms with Gasteiger partial charge in [-0.05, 0) is 36.9 Å². The number of nitrogens with one attached hydrogen (secondary N) is 2. The number of carbonyl (C=O) groups excluding carboxylic acids is 1. The average molecular weight is 246 g/mol. The van der Waals surface area contributed by atoms with Crippen LogP contribution in [0, 0.1) is 0 Å². The molecule has 3 nitrogen and oxygen atoms in total. The fourth-order valence-electron chi connectivity index (χ4n) is 2.47. The second-order valence-corrected chi connectivity index (χ2v) is 5.29. The van der Waals surface area contributed by atoms with Crippen LogP contribution in [-0.4, -0.2) is 18.5 Å². The van der Waals surface area contributed by atoms with Gasteiger partial charge in [0.1, 0.15) is 0 Å². The third kappa shape index (κ3) is 3.33. The largest absolute Gasteiger partial charge is 0.326 e. The van der Waals surface area contributed by atoms with Crippen LogP contribution in [0.5, 0.6) is 0 Å². The molecule has 2 rings (SSSR count). The summed E-state index contributed by atoms with van der Waals surface area (Å²) in [6.45, 7) is 5.33. The first-order chi connectivity index (χ1) is 8.66. The molecule has 0 radical (unpaired) electrons. The van der Waals surface area contributed by atoms with Crippen molar-refractivity contribution in [3.8, 4) is 0 Å². The molecule has 0 saturated carbocycles. The lowest BCUT2D eigenvalue weighted by Crippen LogP contribution is -2.27. The lowest BCUT2D eigenvalue weighted by molar-refractivity contribution is -0.116. The number of hydrogen-bond donors (Lipinski definition) is 2. The lowest BCUT2D eigenvalue weighted by atomic mass is 10.0. The molecule has 0 spiro atoms. The second kappa shape index (κ2) is 6.01. The molecule has 1 amide bonds.